The van der Waals surface area contributed by atoms with Gasteiger partial charge in [-0.1, -0.05) is 18.2 Å². The molecule has 0 saturated carbocycles. The molecule has 1 aromatic heterocycles. The maximum Gasteiger partial charge on any atom is 0.339 e. The number of nitrogens with zero attached hydrogens (tertiary/aromatic N) is 1. The number of methoxy groups -OCH3 is 1. The summed E-state index contributed by atoms with van der Waals surface area (Å²) in [6, 6.07) is 7.07. The van der Waals surface area contributed by atoms with E-state index in [-0.39, 0.29) is 11.7 Å². The summed E-state index contributed by atoms with van der Waals surface area (Å²) in [7, 11) is 1.33. The number of H-pyrrole nitrogens is 1. The summed E-state index contributed by atoms with van der Waals surface area (Å²) >= 11 is 0. The van der Waals surface area contributed by atoms with Crippen molar-refractivity contribution in [3.63, 3.8) is 0 Å². The van der Waals surface area contributed by atoms with Crippen molar-refractivity contribution in [1.29, 1.82) is 0 Å². The molecule has 0 unspecified atom stereocenters. The normalized spacial score (nSPS) is 14.1. The van der Waals surface area contributed by atoms with E-state index in [0.29, 0.717) is 35.6 Å². The highest BCUT2D eigenvalue weighted by atomic mass is 16.5. The number of carbonyl (C=O) groups excluding carboxylic acids is 2. The van der Waals surface area contributed by atoms with Crippen molar-refractivity contribution < 1.29 is 19.4 Å². The second-order valence-corrected chi connectivity index (χ2v) is 6.39. The molecule has 1 amide bonds. The summed E-state index contributed by atoms with van der Waals surface area (Å²) < 4.78 is 4.80. The molecule has 6 nitrogen and oxygen atoms in total. The number of rotatable bonds is 3. The van der Waals surface area contributed by atoms with E-state index in [1.165, 1.54) is 7.11 Å². The van der Waals surface area contributed by atoms with Gasteiger partial charge in [-0.3, -0.25) is 4.79 Å². The number of ether oxygens (including phenoxy) is 1. The molecule has 0 aliphatic carbocycles. The summed E-state index contributed by atoms with van der Waals surface area (Å²) in [5.74, 6) is -0.328. The van der Waals surface area contributed by atoms with E-state index >= 15 is 0 Å². The fourth-order valence-electron chi connectivity index (χ4n) is 3.32. The van der Waals surface area contributed by atoms with Crippen molar-refractivity contribution in [1.82, 2.24) is 9.88 Å². The summed E-state index contributed by atoms with van der Waals surface area (Å²) in [4.78, 5) is 29.5. The molecule has 2 heterocycles. The molecule has 136 valence electrons. The lowest BCUT2D eigenvalue weighted by Gasteiger charge is -2.26. The Hall–Kier alpha value is -3.02. The van der Waals surface area contributed by atoms with E-state index in [0.717, 1.165) is 17.6 Å². The van der Waals surface area contributed by atoms with Crippen LogP contribution in [0.3, 0.4) is 0 Å². The van der Waals surface area contributed by atoms with E-state index in [4.69, 9.17) is 4.74 Å². The summed E-state index contributed by atoms with van der Waals surface area (Å²) in [5, 5.41) is 9.39. The van der Waals surface area contributed by atoms with Crippen LogP contribution in [0.5, 0.6) is 5.75 Å². The number of aromatic hydroxyl groups is 1. The van der Waals surface area contributed by atoms with Gasteiger partial charge in [-0.15, -0.1) is 0 Å². The van der Waals surface area contributed by atoms with Gasteiger partial charge >= 0.3 is 5.97 Å². The second kappa shape index (κ2) is 7.07. The third kappa shape index (κ3) is 3.22. The standard InChI is InChI=1S/C20H22N2O4/c1-12-17(20(25)26-3)13(2)21-18(12)19(24)22-10-8-15(9-11-22)14-4-6-16(23)7-5-14/h4-8,21,23H,9-11H2,1-3H3. The molecule has 0 bridgehead atoms. The minimum Gasteiger partial charge on any atom is -0.508 e. The molecular formula is C20H22N2O4. The third-order valence-electron chi connectivity index (χ3n) is 4.78. The van der Waals surface area contributed by atoms with Gasteiger partial charge in [0.1, 0.15) is 11.4 Å². The summed E-state index contributed by atoms with van der Waals surface area (Å²) in [6.07, 6.45) is 2.76. The lowest BCUT2D eigenvalue weighted by molar-refractivity contribution is 0.0599. The van der Waals surface area contributed by atoms with E-state index in [1.54, 1.807) is 30.9 Å². The molecular weight excluding hydrogens is 332 g/mol. The van der Waals surface area contributed by atoms with Gasteiger partial charge in [0.05, 0.1) is 12.7 Å². The van der Waals surface area contributed by atoms with Gasteiger partial charge in [-0.2, -0.15) is 0 Å². The fraction of sp³-hybridized carbons (Fsp3) is 0.300. The van der Waals surface area contributed by atoms with Crippen LogP contribution in [0.4, 0.5) is 0 Å². The van der Waals surface area contributed by atoms with Crippen LogP contribution < -0.4 is 0 Å². The molecule has 0 fully saturated rings. The number of aryl methyl sites for hydroxylation is 1. The maximum atomic E-state index is 12.9. The molecule has 1 aliphatic heterocycles. The largest absolute Gasteiger partial charge is 0.508 e. The van der Waals surface area contributed by atoms with Gasteiger partial charge < -0.3 is 19.7 Å². The maximum absolute atomic E-state index is 12.9. The van der Waals surface area contributed by atoms with Crippen LogP contribution in [-0.2, 0) is 4.74 Å². The van der Waals surface area contributed by atoms with Crippen LogP contribution in [0.15, 0.2) is 30.3 Å². The Morgan fingerprint density at radius 1 is 1.19 bits per heavy atom. The van der Waals surface area contributed by atoms with Gasteiger partial charge in [-0.25, -0.2) is 4.79 Å². The van der Waals surface area contributed by atoms with Crippen LogP contribution >= 0.6 is 0 Å². The van der Waals surface area contributed by atoms with Crippen molar-refractivity contribution in [2.24, 2.45) is 0 Å². The van der Waals surface area contributed by atoms with E-state index in [2.05, 4.69) is 4.98 Å². The number of hydrogen-bond donors (Lipinski definition) is 2. The number of carbonyl (C=O) groups is 2. The quantitative estimate of drug-likeness (QED) is 0.830. The number of benzene rings is 1. The van der Waals surface area contributed by atoms with Crippen LogP contribution in [0.1, 0.15) is 44.1 Å². The molecule has 0 spiro atoms. The number of phenolic OH excluding ortho intramolecular Hbond substituents is 1. The monoisotopic (exact) mass is 354 g/mol. The predicted octanol–water partition coefficient (Wildman–Crippen LogP) is 3.05. The average Bonchev–Trinajstić information content (AvgIpc) is 2.95. The van der Waals surface area contributed by atoms with Gasteiger partial charge in [0, 0.05) is 18.8 Å². The average molecular weight is 354 g/mol. The Morgan fingerprint density at radius 2 is 1.88 bits per heavy atom. The van der Waals surface area contributed by atoms with Crippen molar-refractivity contribution in [2.45, 2.75) is 20.3 Å². The van der Waals surface area contributed by atoms with E-state index in [9.17, 15) is 14.7 Å². The Morgan fingerprint density at radius 3 is 2.46 bits per heavy atom. The van der Waals surface area contributed by atoms with Crippen LogP contribution in [0.25, 0.3) is 5.57 Å². The Balaban J connectivity index is 1.78. The third-order valence-corrected chi connectivity index (χ3v) is 4.78. The lowest BCUT2D eigenvalue weighted by atomic mass is 9.99. The first-order chi connectivity index (χ1) is 12.4. The minimum atomic E-state index is -0.441. The van der Waals surface area contributed by atoms with Crippen molar-refractivity contribution in [3.05, 3.63) is 58.4 Å². The fourth-order valence-corrected chi connectivity index (χ4v) is 3.32. The molecule has 0 radical (unpaired) electrons. The van der Waals surface area contributed by atoms with Crippen molar-refractivity contribution in [3.8, 4) is 5.75 Å². The van der Waals surface area contributed by atoms with E-state index < -0.39 is 5.97 Å². The van der Waals surface area contributed by atoms with Gasteiger partial charge in [0.25, 0.3) is 5.91 Å². The summed E-state index contributed by atoms with van der Waals surface area (Å²) in [6.45, 7) is 4.61. The zero-order valence-corrected chi connectivity index (χ0v) is 15.1. The van der Waals surface area contributed by atoms with Crippen LogP contribution in [0.2, 0.25) is 0 Å². The topological polar surface area (TPSA) is 82.6 Å². The van der Waals surface area contributed by atoms with Crippen molar-refractivity contribution >= 4 is 17.4 Å². The number of phenols is 1. The van der Waals surface area contributed by atoms with E-state index in [1.807, 2.05) is 18.2 Å². The molecule has 3 rings (SSSR count). The lowest BCUT2D eigenvalue weighted by Crippen LogP contribution is -2.35. The van der Waals surface area contributed by atoms with Gasteiger partial charge in [0.2, 0.25) is 0 Å². The molecule has 2 N–H and O–H groups in total. The zero-order valence-electron chi connectivity index (χ0n) is 15.1. The first-order valence-corrected chi connectivity index (χ1v) is 8.47. The molecule has 2 aromatic rings. The zero-order chi connectivity index (χ0) is 18.8. The van der Waals surface area contributed by atoms with Crippen molar-refractivity contribution in [2.75, 3.05) is 20.2 Å². The van der Waals surface area contributed by atoms with Crippen LogP contribution in [0, 0.1) is 13.8 Å². The van der Waals surface area contributed by atoms with Crippen LogP contribution in [-0.4, -0.2) is 47.1 Å². The molecule has 1 aromatic carbocycles. The predicted molar refractivity (Wildman–Crippen MR) is 98.2 cm³/mol. The number of aromatic nitrogens is 1. The number of amides is 1. The molecule has 0 atom stereocenters. The highest BCUT2D eigenvalue weighted by Crippen LogP contribution is 2.26. The molecule has 26 heavy (non-hydrogen) atoms. The minimum absolute atomic E-state index is 0.123. The van der Waals surface area contributed by atoms with Gasteiger partial charge in [-0.05, 0) is 49.1 Å². The number of nitrogens with one attached hydrogen (secondary N) is 1. The Kier molecular flexibility index (Phi) is 4.84. The number of aromatic amines is 1. The number of esters is 1. The Bertz CT molecular complexity index is 878. The SMILES string of the molecule is COC(=O)c1c(C)[nH]c(C(=O)N2CC=C(c3ccc(O)cc3)CC2)c1C. The summed E-state index contributed by atoms with van der Waals surface area (Å²) in [5.41, 5.74) is 4.32. The van der Waals surface area contributed by atoms with Gasteiger partial charge in [0.15, 0.2) is 0 Å². The molecule has 0 saturated heterocycles. The highest BCUT2D eigenvalue weighted by molar-refractivity contribution is 6.00. The first kappa shape index (κ1) is 17.8. The smallest absolute Gasteiger partial charge is 0.339 e. The first-order valence-electron chi connectivity index (χ1n) is 8.47. The second-order valence-electron chi connectivity index (χ2n) is 6.39. The Labute approximate surface area is 152 Å². The molecule has 1 aliphatic rings. The molecule has 6 heteroatoms. The number of hydrogen-bond acceptors (Lipinski definition) is 4. The highest BCUT2D eigenvalue weighted by Gasteiger charge is 2.26.